The van der Waals surface area contributed by atoms with Crippen molar-refractivity contribution in [2.75, 3.05) is 19.1 Å². The maximum Gasteiger partial charge on any atom is 0.293 e. The zero-order valence-corrected chi connectivity index (χ0v) is 16.0. The van der Waals surface area contributed by atoms with E-state index in [1.165, 1.54) is 4.90 Å². The molecule has 2 aromatic carbocycles. The van der Waals surface area contributed by atoms with Crippen molar-refractivity contribution in [3.8, 4) is 11.5 Å². The van der Waals surface area contributed by atoms with Gasteiger partial charge in [0, 0.05) is 11.5 Å². The van der Waals surface area contributed by atoms with Crippen LogP contribution in [0.1, 0.15) is 16.3 Å². The van der Waals surface area contributed by atoms with Gasteiger partial charge in [-0.05, 0) is 42.5 Å². The summed E-state index contributed by atoms with van der Waals surface area (Å²) < 4.78 is 17.6. The molecular weight excluding hydrogens is 398 g/mol. The molecule has 134 valence electrons. The summed E-state index contributed by atoms with van der Waals surface area (Å²) in [5.74, 6) is 1.89. The van der Waals surface area contributed by atoms with Crippen molar-refractivity contribution in [1.29, 1.82) is 0 Å². The van der Waals surface area contributed by atoms with E-state index >= 15 is 0 Å². The molecule has 6 heteroatoms. The van der Waals surface area contributed by atoms with E-state index in [2.05, 4.69) is 15.9 Å². The highest BCUT2D eigenvalue weighted by molar-refractivity contribution is 9.10. The molecule has 3 rings (SSSR count). The van der Waals surface area contributed by atoms with E-state index in [0.717, 1.165) is 10.2 Å². The summed E-state index contributed by atoms with van der Waals surface area (Å²) in [6, 6.07) is 18.2. The molecule has 0 aliphatic carbocycles. The van der Waals surface area contributed by atoms with Crippen LogP contribution in [0.4, 0.5) is 5.69 Å². The number of hydrogen-bond acceptors (Lipinski definition) is 4. The first kappa shape index (κ1) is 18.1. The van der Waals surface area contributed by atoms with E-state index < -0.39 is 0 Å². The van der Waals surface area contributed by atoms with E-state index in [0.29, 0.717) is 17.2 Å². The Kier molecular flexibility index (Phi) is 5.63. The highest BCUT2D eigenvalue weighted by Gasteiger charge is 2.20. The number of furan rings is 1. The van der Waals surface area contributed by atoms with Gasteiger partial charge in [-0.2, -0.15) is 0 Å². The normalized spacial score (nSPS) is 10.4. The molecule has 5 nitrogen and oxygen atoms in total. The van der Waals surface area contributed by atoms with Crippen LogP contribution >= 0.6 is 15.9 Å². The number of carbonyl (C=O) groups excluding carboxylic acids is 1. The number of rotatable bonds is 6. The van der Waals surface area contributed by atoms with Crippen molar-refractivity contribution in [1.82, 2.24) is 0 Å². The maximum atomic E-state index is 12.7. The van der Waals surface area contributed by atoms with Crippen LogP contribution in [-0.2, 0) is 6.61 Å². The van der Waals surface area contributed by atoms with Gasteiger partial charge in [-0.25, -0.2) is 0 Å². The number of benzene rings is 2. The lowest BCUT2D eigenvalue weighted by molar-refractivity contribution is 0.0962. The highest BCUT2D eigenvalue weighted by Crippen LogP contribution is 2.28. The van der Waals surface area contributed by atoms with E-state index in [9.17, 15) is 4.79 Å². The van der Waals surface area contributed by atoms with Crippen molar-refractivity contribution < 1.29 is 18.7 Å². The smallest absolute Gasteiger partial charge is 0.293 e. The Hall–Kier alpha value is -2.73. The van der Waals surface area contributed by atoms with Gasteiger partial charge in [-0.1, -0.05) is 34.1 Å². The molecule has 1 heterocycles. The second-order valence-corrected chi connectivity index (χ2v) is 6.46. The van der Waals surface area contributed by atoms with Gasteiger partial charge in [0.1, 0.15) is 23.9 Å². The summed E-state index contributed by atoms with van der Waals surface area (Å²) in [5.41, 5.74) is 0.670. The van der Waals surface area contributed by atoms with Crippen LogP contribution in [0.2, 0.25) is 0 Å². The largest absolute Gasteiger partial charge is 0.495 e. The Labute approximate surface area is 160 Å². The van der Waals surface area contributed by atoms with Crippen LogP contribution in [0, 0.1) is 0 Å². The molecule has 1 aromatic heterocycles. The van der Waals surface area contributed by atoms with E-state index in [1.807, 2.05) is 42.5 Å². The lowest BCUT2D eigenvalue weighted by Crippen LogP contribution is -2.26. The van der Waals surface area contributed by atoms with Gasteiger partial charge >= 0.3 is 0 Å². The molecule has 0 radical (unpaired) electrons. The minimum Gasteiger partial charge on any atom is -0.495 e. The maximum absolute atomic E-state index is 12.7. The molecular formula is C20H18BrNO4. The molecule has 0 spiro atoms. The van der Waals surface area contributed by atoms with Crippen LogP contribution in [0.3, 0.4) is 0 Å². The summed E-state index contributed by atoms with van der Waals surface area (Å²) in [7, 11) is 3.25. The number of anilines is 1. The Morgan fingerprint density at radius 2 is 1.92 bits per heavy atom. The number of hydrogen-bond donors (Lipinski definition) is 0. The molecule has 3 aromatic rings. The summed E-state index contributed by atoms with van der Waals surface area (Å²) in [6.07, 6.45) is 0. The highest BCUT2D eigenvalue weighted by atomic mass is 79.9. The number of ether oxygens (including phenoxy) is 2. The monoisotopic (exact) mass is 415 g/mol. The number of para-hydroxylation sites is 2. The number of halogens is 1. The summed E-state index contributed by atoms with van der Waals surface area (Å²) in [5, 5.41) is 0. The second-order valence-electron chi connectivity index (χ2n) is 5.55. The lowest BCUT2D eigenvalue weighted by atomic mass is 10.2. The van der Waals surface area contributed by atoms with Gasteiger partial charge in [0.25, 0.3) is 5.91 Å². The predicted octanol–water partition coefficient (Wildman–Crippen LogP) is 4.91. The molecule has 0 saturated carbocycles. The van der Waals surface area contributed by atoms with Gasteiger partial charge in [0.15, 0.2) is 5.76 Å². The summed E-state index contributed by atoms with van der Waals surface area (Å²) in [6.45, 7) is 0.238. The molecule has 26 heavy (non-hydrogen) atoms. The number of amides is 1. The Bertz CT molecular complexity index is 906. The average molecular weight is 416 g/mol. The second kappa shape index (κ2) is 8.10. The molecule has 0 unspecified atom stereocenters. The predicted molar refractivity (Wildman–Crippen MR) is 103 cm³/mol. The fourth-order valence-electron chi connectivity index (χ4n) is 2.46. The van der Waals surface area contributed by atoms with Crippen LogP contribution in [-0.4, -0.2) is 20.1 Å². The number of carbonyl (C=O) groups is 1. The first-order valence-electron chi connectivity index (χ1n) is 7.96. The van der Waals surface area contributed by atoms with Gasteiger partial charge < -0.3 is 18.8 Å². The molecule has 0 bridgehead atoms. The van der Waals surface area contributed by atoms with Crippen molar-refractivity contribution in [3.05, 3.63) is 76.7 Å². The van der Waals surface area contributed by atoms with Crippen LogP contribution in [0.25, 0.3) is 0 Å². The van der Waals surface area contributed by atoms with E-state index in [-0.39, 0.29) is 18.3 Å². The van der Waals surface area contributed by atoms with Gasteiger partial charge in [-0.3, -0.25) is 4.79 Å². The van der Waals surface area contributed by atoms with Crippen molar-refractivity contribution in [2.24, 2.45) is 0 Å². The van der Waals surface area contributed by atoms with Crippen molar-refractivity contribution in [3.63, 3.8) is 0 Å². The summed E-state index contributed by atoms with van der Waals surface area (Å²) >= 11 is 3.40. The SMILES string of the molecule is COc1ccccc1N(C)C(=O)c1ccc(COc2cccc(Br)c2)o1. The van der Waals surface area contributed by atoms with Crippen LogP contribution < -0.4 is 14.4 Å². The minimum atomic E-state index is -0.261. The van der Waals surface area contributed by atoms with Gasteiger partial charge in [-0.15, -0.1) is 0 Å². The Balaban J connectivity index is 1.69. The zero-order valence-electron chi connectivity index (χ0n) is 14.4. The third-order valence-electron chi connectivity index (χ3n) is 3.80. The Morgan fingerprint density at radius 3 is 2.69 bits per heavy atom. The third kappa shape index (κ3) is 4.08. The molecule has 0 saturated heterocycles. The third-order valence-corrected chi connectivity index (χ3v) is 4.29. The first-order chi connectivity index (χ1) is 12.6. The zero-order chi connectivity index (χ0) is 18.5. The first-order valence-corrected chi connectivity index (χ1v) is 8.76. The average Bonchev–Trinajstić information content (AvgIpc) is 3.14. The molecule has 0 atom stereocenters. The number of nitrogens with zero attached hydrogens (tertiary/aromatic N) is 1. The van der Waals surface area contributed by atoms with Gasteiger partial charge in [0.2, 0.25) is 0 Å². The molecule has 0 N–H and O–H groups in total. The van der Waals surface area contributed by atoms with E-state index in [1.54, 1.807) is 32.4 Å². The molecule has 0 fully saturated rings. The van der Waals surface area contributed by atoms with E-state index in [4.69, 9.17) is 13.9 Å². The topological polar surface area (TPSA) is 51.9 Å². The van der Waals surface area contributed by atoms with Crippen LogP contribution in [0.15, 0.2) is 69.6 Å². The molecule has 0 aliphatic rings. The van der Waals surface area contributed by atoms with Gasteiger partial charge in [0.05, 0.1) is 12.8 Å². The fourth-order valence-corrected chi connectivity index (χ4v) is 2.84. The standard InChI is InChI=1S/C20H18BrNO4/c1-22(17-8-3-4-9-18(17)24-2)20(23)19-11-10-16(26-19)13-25-15-7-5-6-14(21)12-15/h3-12H,13H2,1-2H3. The quantitative estimate of drug-likeness (QED) is 0.573. The van der Waals surface area contributed by atoms with Crippen molar-refractivity contribution >= 4 is 27.5 Å². The fraction of sp³-hybridized carbons (Fsp3) is 0.150. The van der Waals surface area contributed by atoms with Crippen LogP contribution in [0.5, 0.6) is 11.5 Å². The summed E-state index contributed by atoms with van der Waals surface area (Å²) in [4.78, 5) is 14.2. The Morgan fingerprint density at radius 1 is 1.12 bits per heavy atom. The lowest BCUT2D eigenvalue weighted by Gasteiger charge is -2.18. The molecule has 1 amide bonds. The minimum absolute atomic E-state index is 0.238. The molecule has 0 aliphatic heterocycles. The number of methoxy groups -OCH3 is 1. The van der Waals surface area contributed by atoms with Crippen molar-refractivity contribution in [2.45, 2.75) is 6.61 Å².